The molecule has 1 heterocycles. The first kappa shape index (κ1) is 14.6. The molecule has 0 fully saturated rings. The molecule has 0 aliphatic heterocycles. The number of nitrogens with zero attached hydrogens (tertiary/aromatic N) is 1. The monoisotopic (exact) mass is 390 g/mol. The summed E-state index contributed by atoms with van der Waals surface area (Å²) < 4.78 is 28.5. The Balaban J connectivity index is 2.32. The van der Waals surface area contributed by atoms with Crippen molar-refractivity contribution >= 4 is 31.9 Å². The second kappa shape index (κ2) is 6.07. The molecule has 0 aliphatic rings. The summed E-state index contributed by atoms with van der Waals surface area (Å²) in [5.74, 6) is -1.23. The molecule has 0 saturated heterocycles. The van der Waals surface area contributed by atoms with Crippen LogP contribution in [-0.4, -0.2) is 4.98 Å². The van der Waals surface area contributed by atoms with Gasteiger partial charge in [0.05, 0.1) is 16.2 Å². The number of nitrogens with two attached hydrogens (primary N) is 1. The number of benzene rings is 1. The molecule has 0 bridgehead atoms. The van der Waals surface area contributed by atoms with Crippen LogP contribution < -0.4 is 5.73 Å². The van der Waals surface area contributed by atoms with Crippen LogP contribution in [0.3, 0.4) is 0 Å². The zero-order chi connectivity index (χ0) is 14.0. The molecule has 2 N–H and O–H groups in total. The van der Waals surface area contributed by atoms with Gasteiger partial charge in [0.15, 0.2) is 0 Å². The molecule has 0 radical (unpaired) electrons. The van der Waals surface area contributed by atoms with Gasteiger partial charge in [-0.25, -0.2) is 8.78 Å². The molecule has 0 aliphatic carbocycles. The van der Waals surface area contributed by atoms with Crippen LogP contribution in [0.25, 0.3) is 0 Å². The van der Waals surface area contributed by atoms with Crippen LogP contribution in [0, 0.1) is 11.6 Å². The van der Waals surface area contributed by atoms with E-state index in [4.69, 9.17) is 5.73 Å². The van der Waals surface area contributed by atoms with Crippen LogP contribution >= 0.6 is 31.9 Å². The summed E-state index contributed by atoms with van der Waals surface area (Å²) in [6, 6.07) is 5.49. The Kier molecular flexibility index (Phi) is 4.65. The largest absolute Gasteiger partial charge is 0.322 e. The van der Waals surface area contributed by atoms with Crippen LogP contribution in [0.2, 0.25) is 0 Å². The van der Waals surface area contributed by atoms with E-state index >= 15 is 0 Å². The summed E-state index contributed by atoms with van der Waals surface area (Å²) in [7, 11) is 0. The van der Waals surface area contributed by atoms with E-state index in [0.29, 0.717) is 5.69 Å². The lowest BCUT2D eigenvalue weighted by atomic mass is 10.0. The maximum Gasteiger partial charge on any atom is 0.143 e. The van der Waals surface area contributed by atoms with Gasteiger partial charge in [-0.3, -0.25) is 4.98 Å². The molecule has 0 saturated carbocycles. The average molecular weight is 392 g/mol. The van der Waals surface area contributed by atoms with E-state index in [1.807, 2.05) is 0 Å². The lowest BCUT2D eigenvalue weighted by Crippen LogP contribution is -2.17. The minimum absolute atomic E-state index is 0.0344. The number of halogens is 4. The molecule has 1 aromatic heterocycles. The van der Waals surface area contributed by atoms with Crippen molar-refractivity contribution in [2.75, 3.05) is 0 Å². The molecule has 2 aromatic rings. The van der Waals surface area contributed by atoms with Gasteiger partial charge >= 0.3 is 0 Å². The first-order valence-corrected chi connectivity index (χ1v) is 7.07. The summed E-state index contributed by atoms with van der Waals surface area (Å²) in [6.07, 6.45) is 1.63. The summed E-state index contributed by atoms with van der Waals surface area (Å²) in [5.41, 5.74) is 6.50. The highest BCUT2D eigenvalue weighted by atomic mass is 79.9. The highest BCUT2D eigenvalue weighted by Gasteiger charge is 2.18. The highest BCUT2D eigenvalue weighted by Crippen LogP contribution is 2.27. The molecule has 2 nitrogen and oxygen atoms in total. The summed E-state index contributed by atoms with van der Waals surface area (Å²) >= 11 is 6.36. The topological polar surface area (TPSA) is 38.9 Å². The normalized spacial score (nSPS) is 12.5. The Hall–Kier alpha value is -0.850. The molecule has 100 valence electrons. The fraction of sp³-hybridized carbons (Fsp3) is 0.154. The van der Waals surface area contributed by atoms with Gasteiger partial charge in [0.2, 0.25) is 0 Å². The van der Waals surface area contributed by atoms with Crippen molar-refractivity contribution in [2.45, 2.75) is 12.5 Å². The van der Waals surface area contributed by atoms with Gasteiger partial charge < -0.3 is 5.73 Å². The zero-order valence-electron chi connectivity index (χ0n) is 9.71. The van der Waals surface area contributed by atoms with Gasteiger partial charge in [0.25, 0.3) is 0 Å². The quantitative estimate of drug-likeness (QED) is 0.799. The Bertz CT molecular complexity index is 605. The Labute approximate surface area is 126 Å². The third-order valence-electron chi connectivity index (χ3n) is 2.70. The molecule has 19 heavy (non-hydrogen) atoms. The summed E-state index contributed by atoms with van der Waals surface area (Å²) in [5, 5.41) is 0. The molecular formula is C13H10Br2F2N2. The van der Waals surface area contributed by atoms with E-state index in [1.54, 1.807) is 18.3 Å². The third kappa shape index (κ3) is 3.19. The van der Waals surface area contributed by atoms with Crippen molar-refractivity contribution < 1.29 is 8.78 Å². The van der Waals surface area contributed by atoms with Crippen molar-refractivity contribution in [3.05, 3.63) is 62.3 Å². The lowest BCUT2D eigenvalue weighted by Gasteiger charge is -2.14. The van der Waals surface area contributed by atoms with E-state index in [9.17, 15) is 8.78 Å². The highest BCUT2D eigenvalue weighted by molar-refractivity contribution is 9.10. The van der Waals surface area contributed by atoms with Crippen molar-refractivity contribution in [1.29, 1.82) is 0 Å². The molecule has 1 atom stereocenters. The van der Waals surface area contributed by atoms with Gasteiger partial charge in [0, 0.05) is 16.2 Å². The first-order valence-electron chi connectivity index (χ1n) is 5.49. The van der Waals surface area contributed by atoms with Crippen molar-refractivity contribution in [2.24, 2.45) is 5.73 Å². The smallest absolute Gasteiger partial charge is 0.143 e. The van der Waals surface area contributed by atoms with Gasteiger partial charge in [0.1, 0.15) is 11.6 Å². The second-order valence-corrected chi connectivity index (χ2v) is 5.71. The lowest BCUT2D eigenvalue weighted by molar-refractivity contribution is 0.533. The minimum Gasteiger partial charge on any atom is -0.322 e. The zero-order valence-corrected chi connectivity index (χ0v) is 12.9. The summed E-state index contributed by atoms with van der Waals surface area (Å²) in [4.78, 5) is 4.13. The van der Waals surface area contributed by atoms with Gasteiger partial charge in [-0.15, -0.1) is 0 Å². The Morgan fingerprint density at radius 1 is 1.16 bits per heavy atom. The number of aromatic nitrogens is 1. The minimum atomic E-state index is -0.623. The number of hydrogen-bond donors (Lipinski definition) is 1. The third-order valence-corrected chi connectivity index (χ3v) is 3.98. The fourth-order valence-electron chi connectivity index (χ4n) is 1.74. The van der Waals surface area contributed by atoms with E-state index in [-0.39, 0.29) is 16.5 Å². The van der Waals surface area contributed by atoms with Crippen LogP contribution in [0.5, 0.6) is 0 Å². The average Bonchev–Trinajstić information content (AvgIpc) is 2.39. The Morgan fingerprint density at radius 3 is 2.58 bits per heavy atom. The Morgan fingerprint density at radius 2 is 1.89 bits per heavy atom. The van der Waals surface area contributed by atoms with Gasteiger partial charge in [-0.2, -0.15) is 0 Å². The standard InChI is InChI=1S/C13H10Br2F2N2/c14-8-3-4-10(16)7(12(8)17)6-11(18)13-9(15)2-1-5-19-13/h1-5,11H,6,18H2. The second-order valence-electron chi connectivity index (χ2n) is 4.00. The maximum atomic E-state index is 13.9. The summed E-state index contributed by atoms with van der Waals surface area (Å²) in [6.45, 7) is 0. The van der Waals surface area contributed by atoms with Crippen molar-refractivity contribution in [3.63, 3.8) is 0 Å². The first-order chi connectivity index (χ1) is 9.00. The van der Waals surface area contributed by atoms with E-state index in [1.165, 1.54) is 12.1 Å². The van der Waals surface area contributed by atoms with Gasteiger partial charge in [-0.05, 0) is 62.5 Å². The van der Waals surface area contributed by atoms with E-state index in [0.717, 1.165) is 4.47 Å². The van der Waals surface area contributed by atoms with Crippen molar-refractivity contribution in [1.82, 2.24) is 4.98 Å². The van der Waals surface area contributed by atoms with Crippen LogP contribution in [0.4, 0.5) is 8.78 Å². The maximum absolute atomic E-state index is 13.9. The molecule has 2 rings (SSSR count). The molecule has 6 heteroatoms. The van der Waals surface area contributed by atoms with Crippen LogP contribution in [0.15, 0.2) is 39.4 Å². The fourth-order valence-corrected chi connectivity index (χ4v) is 2.66. The molecule has 0 amide bonds. The van der Waals surface area contributed by atoms with Gasteiger partial charge in [-0.1, -0.05) is 0 Å². The number of rotatable bonds is 3. The van der Waals surface area contributed by atoms with Crippen LogP contribution in [0.1, 0.15) is 17.3 Å². The predicted molar refractivity (Wildman–Crippen MR) is 76.6 cm³/mol. The molecular weight excluding hydrogens is 382 g/mol. The SMILES string of the molecule is NC(Cc1c(F)ccc(Br)c1F)c1ncccc1Br. The van der Waals surface area contributed by atoms with E-state index in [2.05, 4.69) is 36.8 Å². The number of hydrogen-bond acceptors (Lipinski definition) is 2. The van der Waals surface area contributed by atoms with Crippen molar-refractivity contribution in [3.8, 4) is 0 Å². The van der Waals surface area contributed by atoms with E-state index < -0.39 is 17.7 Å². The molecule has 1 aromatic carbocycles. The van der Waals surface area contributed by atoms with Crippen LogP contribution in [-0.2, 0) is 6.42 Å². The molecule has 0 spiro atoms. The number of pyridine rings is 1. The molecule has 1 unspecified atom stereocenters. The predicted octanol–water partition coefficient (Wildman–Crippen LogP) is 4.13.